The van der Waals surface area contributed by atoms with Gasteiger partial charge in [-0.3, -0.25) is 9.69 Å². The van der Waals surface area contributed by atoms with Crippen LogP contribution in [0, 0.1) is 0 Å². The Morgan fingerprint density at radius 1 is 1.43 bits per heavy atom. The monoisotopic (exact) mass is 331 g/mol. The molecule has 0 bridgehead atoms. The van der Waals surface area contributed by atoms with Crippen LogP contribution in [-0.4, -0.2) is 36.6 Å². The second-order valence-corrected chi connectivity index (χ2v) is 6.11. The molecular formula is C16H26ClNO2S. The van der Waals surface area contributed by atoms with Gasteiger partial charge in [-0.05, 0) is 55.2 Å². The Morgan fingerprint density at radius 3 is 2.67 bits per heavy atom. The Morgan fingerprint density at radius 2 is 2.14 bits per heavy atom. The van der Waals surface area contributed by atoms with E-state index in [1.54, 1.807) is 11.3 Å². The number of halogens is 1. The van der Waals surface area contributed by atoms with E-state index < -0.39 is 5.41 Å². The van der Waals surface area contributed by atoms with E-state index in [0.29, 0.717) is 6.61 Å². The lowest BCUT2D eigenvalue weighted by Gasteiger charge is -2.39. The van der Waals surface area contributed by atoms with Gasteiger partial charge in [-0.2, -0.15) is 11.3 Å². The number of carbonyl (C=O) groups excluding carboxylic acids is 1. The minimum atomic E-state index is -0.456. The largest absolute Gasteiger partial charge is 0.465 e. The Kier molecular flexibility index (Phi) is 7.17. The van der Waals surface area contributed by atoms with E-state index in [1.165, 1.54) is 0 Å². The smallest absolute Gasteiger partial charge is 0.318 e. The molecule has 1 aromatic rings. The van der Waals surface area contributed by atoms with E-state index in [-0.39, 0.29) is 24.4 Å². The normalized spacial score (nSPS) is 24.9. The molecule has 0 radical (unpaired) electrons. The van der Waals surface area contributed by atoms with Crippen molar-refractivity contribution in [2.75, 3.05) is 19.7 Å². The zero-order chi connectivity index (χ0) is 14.6. The van der Waals surface area contributed by atoms with Crippen molar-refractivity contribution in [3.8, 4) is 0 Å². The van der Waals surface area contributed by atoms with E-state index >= 15 is 0 Å². The average Bonchev–Trinajstić information content (AvgIpc) is 3.10. The number of rotatable bonds is 6. The van der Waals surface area contributed by atoms with Crippen molar-refractivity contribution >= 4 is 29.7 Å². The van der Waals surface area contributed by atoms with E-state index in [2.05, 4.69) is 35.6 Å². The van der Waals surface area contributed by atoms with Gasteiger partial charge in [0.15, 0.2) is 0 Å². The zero-order valence-corrected chi connectivity index (χ0v) is 14.8. The number of likely N-dealkylation sites (N-methyl/N-ethyl adjacent to an activating group) is 1. The summed E-state index contributed by atoms with van der Waals surface area (Å²) < 4.78 is 5.46. The highest BCUT2D eigenvalue weighted by Crippen LogP contribution is 2.45. The van der Waals surface area contributed by atoms with Gasteiger partial charge in [0.2, 0.25) is 0 Å². The highest BCUT2D eigenvalue weighted by Gasteiger charge is 2.53. The number of carbonyl (C=O) groups is 1. The molecule has 1 fully saturated rings. The minimum absolute atomic E-state index is 0. The van der Waals surface area contributed by atoms with Gasteiger partial charge in [0, 0.05) is 6.04 Å². The predicted molar refractivity (Wildman–Crippen MR) is 90.4 cm³/mol. The van der Waals surface area contributed by atoms with Crippen molar-refractivity contribution in [1.29, 1.82) is 0 Å². The highest BCUT2D eigenvalue weighted by molar-refractivity contribution is 7.08. The van der Waals surface area contributed by atoms with Gasteiger partial charge in [-0.15, -0.1) is 12.4 Å². The summed E-state index contributed by atoms with van der Waals surface area (Å²) in [6.07, 6.45) is 3.08. The van der Waals surface area contributed by atoms with Gasteiger partial charge in [0.1, 0.15) is 5.41 Å². The van der Waals surface area contributed by atoms with Crippen molar-refractivity contribution in [2.24, 2.45) is 0 Å². The standard InChI is InChI=1S/C16H25NO2S.ClH/c1-4-17(5-2)14-8-7-10-16(14,15(18)19-6-3)13-9-11-20-12-13;/h9,11-12,14H,4-8,10H2,1-3H3;1H. The maximum atomic E-state index is 12.8. The lowest BCUT2D eigenvalue weighted by Crippen LogP contribution is -2.52. The Labute approximate surface area is 138 Å². The number of hydrogen-bond acceptors (Lipinski definition) is 4. The summed E-state index contributed by atoms with van der Waals surface area (Å²) in [6, 6.07) is 2.37. The molecule has 0 aromatic carbocycles. The Hall–Kier alpha value is -0.580. The molecule has 3 nitrogen and oxygen atoms in total. The first kappa shape index (κ1) is 18.5. The maximum absolute atomic E-state index is 12.8. The van der Waals surface area contributed by atoms with E-state index in [9.17, 15) is 4.79 Å². The molecule has 0 spiro atoms. The van der Waals surface area contributed by atoms with Crippen LogP contribution in [-0.2, 0) is 14.9 Å². The molecule has 120 valence electrons. The molecule has 2 rings (SSSR count). The first-order valence-electron chi connectivity index (χ1n) is 7.64. The molecule has 21 heavy (non-hydrogen) atoms. The molecule has 1 aliphatic carbocycles. The number of nitrogens with zero attached hydrogens (tertiary/aromatic N) is 1. The third-order valence-electron chi connectivity index (χ3n) is 4.55. The summed E-state index contributed by atoms with van der Waals surface area (Å²) in [6.45, 7) is 8.64. The van der Waals surface area contributed by atoms with Crippen molar-refractivity contribution in [3.63, 3.8) is 0 Å². The van der Waals surface area contributed by atoms with Crippen molar-refractivity contribution < 1.29 is 9.53 Å². The molecule has 5 heteroatoms. The minimum Gasteiger partial charge on any atom is -0.465 e. The first-order valence-corrected chi connectivity index (χ1v) is 8.58. The summed E-state index contributed by atoms with van der Waals surface area (Å²) in [5.74, 6) is -0.0344. The van der Waals surface area contributed by atoms with Crippen molar-refractivity contribution in [1.82, 2.24) is 4.90 Å². The van der Waals surface area contributed by atoms with Crippen LogP contribution in [0.2, 0.25) is 0 Å². The van der Waals surface area contributed by atoms with Crippen LogP contribution < -0.4 is 0 Å². The van der Waals surface area contributed by atoms with Crippen LogP contribution in [0.25, 0.3) is 0 Å². The molecule has 1 saturated carbocycles. The van der Waals surface area contributed by atoms with Gasteiger partial charge in [-0.1, -0.05) is 20.3 Å². The van der Waals surface area contributed by atoms with Gasteiger partial charge >= 0.3 is 5.97 Å². The lowest BCUT2D eigenvalue weighted by molar-refractivity contribution is -0.152. The zero-order valence-electron chi connectivity index (χ0n) is 13.1. The summed E-state index contributed by atoms with van der Waals surface area (Å²) in [4.78, 5) is 15.2. The van der Waals surface area contributed by atoms with Crippen LogP contribution >= 0.6 is 23.7 Å². The molecule has 0 amide bonds. The Bertz CT molecular complexity index is 433. The number of thiophene rings is 1. The fourth-order valence-electron chi connectivity index (χ4n) is 3.62. The Balaban J connectivity index is 0.00000220. The number of hydrogen-bond donors (Lipinski definition) is 0. The van der Waals surface area contributed by atoms with Crippen LogP contribution in [0.1, 0.15) is 45.6 Å². The molecule has 0 N–H and O–H groups in total. The molecule has 1 aliphatic rings. The van der Waals surface area contributed by atoms with Gasteiger partial charge in [0.25, 0.3) is 0 Å². The van der Waals surface area contributed by atoms with Crippen LogP contribution in [0.5, 0.6) is 0 Å². The molecular weight excluding hydrogens is 306 g/mol. The summed E-state index contributed by atoms with van der Waals surface area (Å²) in [5, 5.41) is 4.19. The number of esters is 1. The van der Waals surface area contributed by atoms with E-state index in [4.69, 9.17) is 4.74 Å². The van der Waals surface area contributed by atoms with Crippen LogP contribution in [0.3, 0.4) is 0 Å². The third-order valence-corrected chi connectivity index (χ3v) is 5.23. The average molecular weight is 332 g/mol. The summed E-state index contributed by atoms with van der Waals surface area (Å²) in [5.41, 5.74) is 0.692. The molecule has 1 aromatic heterocycles. The third kappa shape index (κ3) is 3.27. The second-order valence-electron chi connectivity index (χ2n) is 5.33. The molecule has 2 atom stereocenters. The first-order chi connectivity index (χ1) is 9.70. The topological polar surface area (TPSA) is 29.5 Å². The quantitative estimate of drug-likeness (QED) is 0.741. The fraction of sp³-hybridized carbons (Fsp3) is 0.688. The number of ether oxygens (including phenoxy) is 1. The highest BCUT2D eigenvalue weighted by atomic mass is 35.5. The summed E-state index contributed by atoms with van der Waals surface area (Å²) >= 11 is 1.66. The summed E-state index contributed by atoms with van der Waals surface area (Å²) in [7, 11) is 0. The van der Waals surface area contributed by atoms with E-state index in [1.807, 2.05) is 6.92 Å². The predicted octanol–water partition coefficient (Wildman–Crippen LogP) is 3.87. The molecule has 0 aliphatic heterocycles. The lowest BCUT2D eigenvalue weighted by atomic mass is 9.76. The molecule has 1 heterocycles. The van der Waals surface area contributed by atoms with Crippen molar-refractivity contribution in [2.45, 2.75) is 51.5 Å². The fourth-order valence-corrected chi connectivity index (χ4v) is 4.36. The molecule has 0 saturated heterocycles. The SMILES string of the molecule is CCOC(=O)C1(c2ccsc2)CCCC1N(CC)CC.Cl. The van der Waals surface area contributed by atoms with Gasteiger partial charge in [0.05, 0.1) is 6.61 Å². The van der Waals surface area contributed by atoms with E-state index in [0.717, 1.165) is 37.9 Å². The maximum Gasteiger partial charge on any atom is 0.318 e. The van der Waals surface area contributed by atoms with Gasteiger partial charge < -0.3 is 4.74 Å². The molecule has 2 unspecified atom stereocenters. The van der Waals surface area contributed by atoms with Gasteiger partial charge in [-0.25, -0.2) is 0 Å². The van der Waals surface area contributed by atoms with Crippen LogP contribution in [0.4, 0.5) is 0 Å². The second kappa shape index (κ2) is 8.16. The van der Waals surface area contributed by atoms with Crippen LogP contribution in [0.15, 0.2) is 16.8 Å². The van der Waals surface area contributed by atoms with Crippen molar-refractivity contribution in [3.05, 3.63) is 22.4 Å².